The van der Waals surface area contributed by atoms with Crippen molar-refractivity contribution in [2.45, 2.75) is 31.5 Å². The average Bonchev–Trinajstić information content (AvgIpc) is 2.12. The summed E-state index contributed by atoms with van der Waals surface area (Å²) in [5.74, 6) is -7.66. The molecule has 0 heterocycles. The van der Waals surface area contributed by atoms with E-state index in [-0.39, 0.29) is 6.42 Å². The van der Waals surface area contributed by atoms with Gasteiger partial charge in [-0.25, -0.2) is 0 Å². The quantitative estimate of drug-likeness (QED) is 0.764. The van der Waals surface area contributed by atoms with E-state index in [0.29, 0.717) is 6.54 Å². The Morgan fingerprint density at radius 2 is 1.71 bits per heavy atom. The zero-order valence-corrected chi connectivity index (χ0v) is 9.74. The van der Waals surface area contributed by atoms with Gasteiger partial charge in [-0.1, -0.05) is 0 Å². The summed E-state index contributed by atoms with van der Waals surface area (Å²) in [5.41, 5.74) is 0. The molecule has 0 aromatic heterocycles. The van der Waals surface area contributed by atoms with Gasteiger partial charge < -0.3 is 10.2 Å². The van der Waals surface area contributed by atoms with Crippen molar-refractivity contribution in [2.75, 3.05) is 20.6 Å². The van der Waals surface area contributed by atoms with Gasteiger partial charge in [-0.2, -0.15) is 22.0 Å². The molecule has 0 radical (unpaired) electrons. The molecule has 0 fully saturated rings. The largest absolute Gasteiger partial charge is 0.463 e. The van der Waals surface area contributed by atoms with Crippen LogP contribution < -0.4 is 5.32 Å². The lowest BCUT2D eigenvalue weighted by Crippen LogP contribution is -2.52. The maximum Gasteiger partial charge on any atom is 0.463 e. The Labute approximate surface area is 96.0 Å². The molecule has 0 saturated heterocycles. The monoisotopic (exact) mass is 262 g/mol. The Morgan fingerprint density at radius 3 is 2.06 bits per heavy atom. The summed E-state index contributed by atoms with van der Waals surface area (Å²) in [6.45, 7) is 1.84. The molecule has 0 aromatic rings. The first kappa shape index (κ1) is 16.1. The van der Waals surface area contributed by atoms with Gasteiger partial charge in [0.1, 0.15) is 0 Å². The van der Waals surface area contributed by atoms with E-state index in [1.165, 1.54) is 6.92 Å². The minimum atomic E-state index is -5.86. The van der Waals surface area contributed by atoms with Gasteiger partial charge >= 0.3 is 18.0 Å². The van der Waals surface area contributed by atoms with Gasteiger partial charge in [0, 0.05) is 6.04 Å². The standard InChI is InChI=1S/C9H15F5N2O/c1-6(4-5-16(2)3)15-7(17)8(10,11)9(12,13)14/h6H,4-5H2,1-3H3,(H,15,17). The minimum Gasteiger partial charge on any atom is -0.348 e. The number of nitrogens with one attached hydrogen (secondary N) is 1. The molecule has 0 bridgehead atoms. The van der Waals surface area contributed by atoms with E-state index >= 15 is 0 Å². The Bertz CT molecular complexity index is 265. The number of amides is 1. The maximum absolute atomic E-state index is 12.5. The van der Waals surface area contributed by atoms with Crippen LogP contribution >= 0.6 is 0 Å². The number of alkyl halides is 5. The molecule has 1 unspecified atom stereocenters. The maximum atomic E-state index is 12.5. The summed E-state index contributed by atoms with van der Waals surface area (Å²) in [5, 5.41) is 1.65. The SMILES string of the molecule is CC(CCN(C)C)NC(=O)C(F)(F)C(F)(F)F. The normalized spacial score (nSPS) is 14.9. The average molecular weight is 262 g/mol. The van der Waals surface area contributed by atoms with Gasteiger partial charge in [0.2, 0.25) is 0 Å². The molecule has 102 valence electrons. The number of halogens is 5. The third kappa shape index (κ3) is 4.84. The topological polar surface area (TPSA) is 32.3 Å². The Hall–Kier alpha value is -0.920. The zero-order chi connectivity index (χ0) is 13.9. The lowest BCUT2D eigenvalue weighted by Gasteiger charge is -2.22. The molecule has 1 atom stereocenters. The molecule has 3 nitrogen and oxygen atoms in total. The first-order valence-electron chi connectivity index (χ1n) is 4.88. The lowest BCUT2D eigenvalue weighted by atomic mass is 10.2. The van der Waals surface area contributed by atoms with Crippen LogP contribution in [-0.2, 0) is 4.79 Å². The third-order valence-corrected chi connectivity index (χ3v) is 2.03. The van der Waals surface area contributed by atoms with Crippen LogP contribution in [0.1, 0.15) is 13.3 Å². The third-order valence-electron chi connectivity index (χ3n) is 2.03. The van der Waals surface area contributed by atoms with Gasteiger partial charge in [0.15, 0.2) is 0 Å². The predicted octanol–water partition coefficient (Wildman–Crippen LogP) is 1.64. The molecule has 0 aromatic carbocycles. The van der Waals surface area contributed by atoms with E-state index in [1.54, 1.807) is 24.3 Å². The highest BCUT2D eigenvalue weighted by molar-refractivity contribution is 5.84. The smallest absolute Gasteiger partial charge is 0.348 e. The molecule has 0 saturated carbocycles. The van der Waals surface area contributed by atoms with Crippen molar-refractivity contribution >= 4 is 5.91 Å². The number of carbonyl (C=O) groups is 1. The number of carbonyl (C=O) groups excluding carboxylic acids is 1. The fourth-order valence-corrected chi connectivity index (χ4v) is 0.967. The van der Waals surface area contributed by atoms with Crippen molar-refractivity contribution in [2.24, 2.45) is 0 Å². The second-order valence-corrected chi connectivity index (χ2v) is 4.04. The second kappa shape index (κ2) is 5.61. The van der Waals surface area contributed by atoms with E-state index < -0.39 is 24.0 Å². The highest BCUT2D eigenvalue weighted by Gasteiger charge is 2.63. The highest BCUT2D eigenvalue weighted by Crippen LogP contribution is 2.35. The molecule has 1 N–H and O–H groups in total. The lowest BCUT2D eigenvalue weighted by molar-refractivity contribution is -0.270. The van der Waals surface area contributed by atoms with E-state index in [1.807, 2.05) is 0 Å². The Kier molecular flexibility index (Phi) is 5.31. The van der Waals surface area contributed by atoms with E-state index in [9.17, 15) is 26.7 Å². The van der Waals surface area contributed by atoms with Crippen molar-refractivity contribution in [3.8, 4) is 0 Å². The van der Waals surface area contributed by atoms with Crippen LogP contribution in [0.5, 0.6) is 0 Å². The first-order valence-corrected chi connectivity index (χ1v) is 4.88. The minimum absolute atomic E-state index is 0.284. The van der Waals surface area contributed by atoms with Gasteiger partial charge in [-0.05, 0) is 34.0 Å². The van der Waals surface area contributed by atoms with Gasteiger partial charge in [0.05, 0.1) is 0 Å². The van der Waals surface area contributed by atoms with Crippen molar-refractivity contribution in [3.05, 3.63) is 0 Å². The molecule has 1 amide bonds. The van der Waals surface area contributed by atoms with Crippen molar-refractivity contribution in [1.82, 2.24) is 10.2 Å². The number of rotatable bonds is 5. The van der Waals surface area contributed by atoms with Crippen molar-refractivity contribution in [3.63, 3.8) is 0 Å². The summed E-state index contributed by atoms with van der Waals surface area (Å²) in [6.07, 6.45) is -5.58. The first-order chi connectivity index (χ1) is 7.48. The highest BCUT2D eigenvalue weighted by atomic mass is 19.4. The molecule has 0 rings (SSSR count). The van der Waals surface area contributed by atoms with Gasteiger partial charge in [0.25, 0.3) is 0 Å². The van der Waals surface area contributed by atoms with Crippen LogP contribution in [0.15, 0.2) is 0 Å². The Morgan fingerprint density at radius 1 is 1.24 bits per heavy atom. The van der Waals surface area contributed by atoms with E-state index in [2.05, 4.69) is 0 Å². The van der Waals surface area contributed by atoms with Crippen LogP contribution in [-0.4, -0.2) is 49.6 Å². The molecule has 17 heavy (non-hydrogen) atoms. The molecule has 0 spiro atoms. The van der Waals surface area contributed by atoms with E-state index in [0.717, 1.165) is 0 Å². The number of nitrogens with zero attached hydrogens (tertiary/aromatic N) is 1. The number of hydrogen-bond acceptors (Lipinski definition) is 2. The van der Waals surface area contributed by atoms with E-state index in [4.69, 9.17) is 0 Å². The van der Waals surface area contributed by atoms with Gasteiger partial charge in [-0.3, -0.25) is 4.79 Å². The second-order valence-electron chi connectivity index (χ2n) is 4.04. The molecule has 8 heteroatoms. The van der Waals surface area contributed by atoms with Crippen LogP contribution in [0.2, 0.25) is 0 Å². The molecule has 0 aliphatic carbocycles. The molecular weight excluding hydrogens is 247 g/mol. The zero-order valence-electron chi connectivity index (χ0n) is 9.74. The van der Waals surface area contributed by atoms with Crippen molar-refractivity contribution in [1.29, 1.82) is 0 Å². The fraction of sp³-hybridized carbons (Fsp3) is 0.889. The molecular formula is C9H15F5N2O. The van der Waals surface area contributed by atoms with Crippen LogP contribution in [0.4, 0.5) is 22.0 Å². The fourth-order valence-electron chi connectivity index (χ4n) is 0.967. The molecule has 0 aliphatic heterocycles. The predicted molar refractivity (Wildman–Crippen MR) is 51.8 cm³/mol. The summed E-state index contributed by atoms with van der Waals surface area (Å²) in [6, 6.07) is -0.752. The van der Waals surface area contributed by atoms with Crippen LogP contribution in [0.25, 0.3) is 0 Å². The van der Waals surface area contributed by atoms with Crippen LogP contribution in [0.3, 0.4) is 0 Å². The Balaban J connectivity index is 4.35. The number of hydrogen-bond donors (Lipinski definition) is 1. The summed E-state index contributed by atoms with van der Waals surface area (Å²) in [7, 11) is 3.44. The summed E-state index contributed by atoms with van der Waals surface area (Å²) < 4.78 is 60.6. The summed E-state index contributed by atoms with van der Waals surface area (Å²) in [4.78, 5) is 12.5. The van der Waals surface area contributed by atoms with Crippen LogP contribution in [0, 0.1) is 0 Å². The van der Waals surface area contributed by atoms with Gasteiger partial charge in [-0.15, -0.1) is 0 Å². The summed E-state index contributed by atoms with van der Waals surface area (Å²) >= 11 is 0. The van der Waals surface area contributed by atoms with Crippen molar-refractivity contribution < 1.29 is 26.7 Å². The molecule has 0 aliphatic rings.